The summed E-state index contributed by atoms with van der Waals surface area (Å²) in [6.07, 6.45) is 10.5. The number of carbonyl (C=O) groups excluding carboxylic acids is 1. The van der Waals surface area contributed by atoms with Crippen LogP contribution >= 0.6 is 0 Å². The maximum atomic E-state index is 12.0. The predicted molar refractivity (Wildman–Crippen MR) is 73.1 cm³/mol. The first-order valence-corrected chi connectivity index (χ1v) is 8.00. The highest BCUT2D eigenvalue weighted by Gasteiger charge is 2.47. The number of amides is 1. The summed E-state index contributed by atoms with van der Waals surface area (Å²) in [5.74, 6) is 4.32. The van der Waals surface area contributed by atoms with Crippen LogP contribution in [0.15, 0.2) is 0 Å². The van der Waals surface area contributed by atoms with E-state index in [1.165, 1.54) is 51.4 Å². The van der Waals surface area contributed by atoms with Crippen molar-refractivity contribution in [1.82, 2.24) is 5.32 Å². The quantitative estimate of drug-likeness (QED) is 0.813. The lowest BCUT2D eigenvalue weighted by Gasteiger charge is -2.26. The van der Waals surface area contributed by atoms with Crippen molar-refractivity contribution in [2.75, 3.05) is 6.54 Å². The molecule has 3 aliphatic rings. The number of carbonyl (C=O) groups is 1. The monoisotopic (exact) mass is 249 g/mol. The molecule has 1 amide bonds. The second-order valence-corrected chi connectivity index (χ2v) is 7.14. The van der Waals surface area contributed by atoms with Crippen molar-refractivity contribution < 1.29 is 4.79 Å². The van der Waals surface area contributed by atoms with Gasteiger partial charge in [-0.15, -0.1) is 0 Å². The summed E-state index contributed by atoms with van der Waals surface area (Å²) in [6, 6.07) is 0. The Labute approximate surface area is 111 Å². The van der Waals surface area contributed by atoms with E-state index in [1.54, 1.807) is 0 Å². The van der Waals surface area contributed by atoms with Gasteiger partial charge in [-0.3, -0.25) is 4.79 Å². The first kappa shape index (κ1) is 12.5. The molecule has 0 radical (unpaired) electrons. The van der Waals surface area contributed by atoms with Crippen molar-refractivity contribution >= 4 is 5.91 Å². The van der Waals surface area contributed by atoms with E-state index in [1.807, 2.05) is 0 Å². The fourth-order valence-corrected chi connectivity index (χ4v) is 4.29. The van der Waals surface area contributed by atoms with Crippen LogP contribution in [-0.4, -0.2) is 12.5 Å². The van der Waals surface area contributed by atoms with Crippen molar-refractivity contribution in [2.24, 2.45) is 29.6 Å². The molecule has 3 fully saturated rings. The molecular weight excluding hydrogens is 222 g/mol. The third-order valence-corrected chi connectivity index (χ3v) is 5.51. The smallest absolute Gasteiger partial charge is 0.223 e. The van der Waals surface area contributed by atoms with Gasteiger partial charge in [-0.05, 0) is 55.8 Å². The molecule has 0 aromatic heterocycles. The van der Waals surface area contributed by atoms with Crippen molar-refractivity contribution in [3.05, 3.63) is 0 Å². The molecule has 1 N–H and O–H groups in total. The number of nitrogens with one attached hydrogen (secondary N) is 1. The second kappa shape index (κ2) is 5.22. The minimum absolute atomic E-state index is 0.353. The molecule has 0 bridgehead atoms. The summed E-state index contributed by atoms with van der Waals surface area (Å²) in [5, 5.41) is 3.19. The lowest BCUT2D eigenvalue weighted by molar-refractivity contribution is -0.125. The van der Waals surface area contributed by atoms with Crippen LogP contribution in [0.5, 0.6) is 0 Å². The van der Waals surface area contributed by atoms with Crippen molar-refractivity contribution in [3.63, 3.8) is 0 Å². The third kappa shape index (κ3) is 2.89. The van der Waals surface area contributed by atoms with Crippen LogP contribution in [-0.2, 0) is 4.79 Å². The van der Waals surface area contributed by atoms with Gasteiger partial charge in [0.25, 0.3) is 0 Å². The van der Waals surface area contributed by atoms with Crippen molar-refractivity contribution in [1.29, 1.82) is 0 Å². The zero-order valence-corrected chi connectivity index (χ0v) is 11.7. The van der Waals surface area contributed by atoms with Gasteiger partial charge in [0.05, 0.1) is 0 Å². The van der Waals surface area contributed by atoms with Gasteiger partial charge in [0.1, 0.15) is 0 Å². The molecule has 0 spiro atoms. The Morgan fingerprint density at radius 1 is 1.11 bits per heavy atom. The summed E-state index contributed by atoms with van der Waals surface area (Å²) >= 11 is 0. The Morgan fingerprint density at radius 3 is 2.61 bits per heavy atom. The van der Waals surface area contributed by atoms with E-state index in [4.69, 9.17) is 0 Å². The lowest BCUT2D eigenvalue weighted by Crippen LogP contribution is -2.32. The molecule has 0 heterocycles. The molecule has 4 unspecified atom stereocenters. The average Bonchev–Trinajstić information content (AvgIpc) is 2.96. The standard InChI is InChI=1S/C16H27NO/c1-11-3-2-4-12(7-11)5-6-17-16(18)15-9-13-8-14(13)10-15/h11-15H,2-10H2,1H3,(H,17,18). The van der Waals surface area contributed by atoms with Crippen LogP contribution < -0.4 is 5.32 Å². The van der Waals surface area contributed by atoms with Gasteiger partial charge in [0, 0.05) is 12.5 Å². The van der Waals surface area contributed by atoms with Crippen LogP contribution in [0.2, 0.25) is 0 Å². The van der Waals surface area contributed by atoms with Crippen LogP contribution in [0, 0.1) is 29.6 Å². The number of hydrogen-bond acceptors (Lipinski definition) is 1. The Morgan fingerprint density at radius 2 is 1.89 bits per heavy atom. The molecule has 18 heavy (non-hydrogen) atoms. The highest BCUT2D eigenvalue weighted by Crippen LogP contribution is 2.54. The van der Waals surface area contributed by atoms with Gasteiger partial charge >= 0.3 is 0 Å². The van der Waals surface area contributed by atoms with E-state index in [9.17, 15) is 4.79 Å². The zero-order valence-electron chi connectivity index (χ0n) is 11.7. The van der Waals surface area contributed by atoms with Gasteiger partial charge in [0.15, 0.2) is 0 Å². The highest BCUT2D eigenvalue weighted by atomic mass is 16.1. The minimum atomic E-state index is 0.353. The normalized spacial score (nSPS) is 42.4. The maximum Gasteiger partial charge on any atom is 0.223 e. The predicted octanol–water partition coefficient (Wildman–Crippen LogP) is 3.37. The molecule has 2 heteroatoms. The summed E-state index contributed by atoms with van der Waals surface area (Å²) < 4.78 is 0. The number of fused-ring (bicyclic) bond motifs is 1. The molecular formula is C16H27NO. The largest absolute Gasteiger partial charge is 0.356 e. The molecule has 0 aromatic carbocycles. The molecule has 3 rings (SSSR count). The summed E-state index contributed by atoms with van der Waals surface area (Å²) in [6.45, 7) is 3.29. The Balaban J connectivity index is 1.33. The van der Waals surface area contributed by atoms with E-state index in [0.717, 1.165) is 30.2 Å². The fourth-order valence-electron chi connectivity index (χ4n) is 4.29. The molecule has 0 saturated heterocycles. The SMILES string of the molecule is CC1CCCC(CCNC(=O)C2CC3CC3C2)C1. The topological polar surface area (TPSA) is 29.1 Å². The first-order valence-electron chi connectivity index (χ1n) is 8.00. The molecule has 2 nitrogen and oxygen atoms in total. The van der Waals surface area contributed by atoms with E-state index in [-0.39, 0.29) is 0 Å². The van der Waals surface area contributed by atoms with Crippen molar-refractivity contribution in [3.8, 4) is 0 Å². The number of hydrogen-bond donors (Lipinski definition) is 1. The summed E-state index contributed by atoms with van der Waals surface area (Å²) in [7, 11) is 0. The van der Waals surface area contributed by atoms with Crippen LogP contribution in [0.1, 0.15) is 58.3 Å². The molecule has 0 aromatic rings. The van der Waals surface area contributed by atoms with Crippen LogP contribution in [0.4, 0.5) is 0 Å². The third-order valence-electron chi connectivity index (χ3n) is 5.51. The fraction of sp³-hybridized carbons (Fsp3) is 0.938. The minimum Gasteiger partial charge on any atom is -0.356 e. The van der Waals surface area contributed by atoms with Crippen LogP contribution in [0.3, 0.4) is 0 Å². The molecule has 3 saturated carbocycles. The molecule has 0 aliphatic heterocycles. The van der Waals surface area contributed by atoms with E-state index in [2.05, 4.69) is 12.2 Å². The summed E-state index contributed by atoms with van der Waals surface area (Å²) in [4.78, 5) is 12.0. The second-order valence-electron chi connectivity index (χ2n) is 7.14. The summed E-state index contributed by atoms with van der Waals surface area (Å²) in [5.41, 5.74) is 0. The first-order chi connectivity index (χ1) is 8.72. The van der Waals surface area contributed by atoms with E-state index in [0.29, 0.717) is 11.8 Å². The van der Waals surface area contributed by atoms with Gasteiger partial charge in [0.2, 0.25) is 5.91 Å². The van der Waals surface area contributed by atoms with Gasteiger partial charge in [-0.25, -0.2) is 0 Å². The Kier molecular flexibility index (Phi) is 3.63. The highest BCUT2D eigenvalue weighted by molar-refractivity contribution is 5.79. The Bertz CT molecular complexity index is 304. The molecule has 3 aliphatic carbocycles. The molecule has 102 valence electrons. The van der Waals surface area contributed by atoms with E-state index >= 15 is 0 Å². The van der Waals surface area contributed by atoms with Gasteiger partial charge in [-0.1, -0.05) is 26.2 Å². The number of rotatable bonds is 4. The van der Waals surface area contributed by atoms with Gasteiger partial charge < -0.3 is 5.32 Å². The van der Waals surface area contributed by atoms with E-state index < -0.39 is 0 Å². The van der Waals surface area contributed by atoms with Crippen molar-refractivity contribution in [2.45, 2.75) is 58.3 Å². The maximum absolute atomic E-state index is 12.0. The Hall–Kier alpha value is -0.530. The zero-order chi connectivity index (χ0) is 12.5. The average molecular weight is 249 g/mol. The molecule has 4 atom stereocenters. The lowest BCUT2D eigenvalue weighted by atomic mass is 9.81. The van der Waals surface area contributed by atoms with Crippen LogP contribution in [0.25, 0.3) is 0 Å². The van der Waals surface area contributed by atoms with Gasteiger partial charge in [-0.2, -0.15) is 0 Å².